The number of hydrogen-bond acceptors (Lipinski definition) is 5. The van der Waals surface area contributed by atoms with Crippen molar-refractivity contribution >= 4 is 52.2 Å². The Kier molecular flexibility index (Phi) is 7.58. The minimum Gasteiger partial charge on any atom is -0.483 e. The predicted molar refractivity (Wildman–Crippen MR) is 139 cm³/mol. The van der Waals surface area contributed by atoms with Crippen LogP contribution < -0.4 is 10.1 Å². The Balaban J connectivity index is 1.47. The van der Waals surface area contributed by atoms with Gasteiger partial charge in [0.1, 0.15) is 5.75 Å². The number of anilines is 1. The highest BCUT2D eigenvalue weighted by Crippen LogP contribution is 2.35. The fourth-order valence-corrected chi connectivity index (χ4v) is 4.49. The number of benzene rings is 3. The molecule has 1 N–H and O–H groups in total. The van der Waals surface area contributed by atoms with E-state index in [1.165, 1.54) is 4.90 Å². The summed E-state index contributed by atoms with van der Waals surface area (Å²) in [5.74, 6) is -0.335. The molecule has 0 aromatic heterocycles. The summed E-state index contributed by atoms with van der Waals surface area (Å²) in [6, 6.07) is 20.0. The lowest BCUT2D eigenvalue weighted by atomic mass is 10.1. The lowest BCUT2D eigenvalue weighted by Gasteiger charge is -2.13. The number of halogens is 1. The molecule has 3 aromatic rings. The fourth-order valence-electron chi connectivity index (χ4n) is 3.48. The summed E-state index contributed by atoms with van der Waals surface area (Å²) in [6.07, 6.45) is 1.57. The number of carbonyl (C=O) groups excluding carboxylic acids is 3. The molecule has 0 radical (unpaired) electrons. The summed E-state index contributed by atoms with van der Waals surface area (Å²) in [6.45, 7) is 3.88. The second-order valence-corrected chi connectivity index (χ2v) is 9.57. The van der Waals surface area contributed by atoms with Crippen LogP contribution in [0.15, 0.2) is 71.6 Å². The monoisotopic (exact) mass is 506 g/mol. The van der Waals surface area contributed by atoms with E-state index in [0.29, 0.717) is 22.0 Å². The van der Waals surface area contributed by atoms with Crippen LogP contribution in [-0.2, 0) is 16.1 Å². The summed E-state index contributed by atoms with van der Waals surface area (Å²) in [5, 5.41) is 2.88. The minimum absolute atomic E-state index is 0.195. The average Bonchev–Trinajstić information content (AvgIpc) is 3.07. The molecule has 0 bridgehead atoms. The van der Waals surface area contributed by atoms with Crippen molar-refractivity contribution in [2.24, 2.45) is 0 Å². The third kappa shape index (κ3) is 6.32. The van der Waals surface area contributed by atoms with Gasteiger partial charge in [-0.25, -0.2) is 0 Å². The Hall–Kier alpha value is -3.55. The quantitative estimate of drug-likeness (QED) is 0.385. The van der Waals surface area contributed by atoms with E-state index in [0.717, 1.165) is 28.5 Å². The number of thioether (sulfide) groups is 1. The maximum Gasteiger partial charge on any atom is 0.293 e. The van der Waals surface area contributed by atoms with E-state index in [4.69, 9.17) is 16.3 Å². The number of rotatable bonds is 7. The lowest BCUT2D eigenvalue weighted by molar-refractivity contribution is -0.123. The van der Waals surface area contributed by atoms with Gasteiger partial charge in [0.15, 0.2) is 6.61 Å². The molecular formula is C27H23ClN2O4S. The Morgan fingerprint density at radius 1 is 1.03 bits per heavy atom. The van der Waals surface area contributed by atoms with Crippen LogP contribution in [0.1, 0.15) is 22.3 Å². The molecule has 0 aliphatic carbocycles. The van der Waals surface area contributed by atoms with E-state index < -0.39 is 0 Å². The van der Waals surface area contributed by atoms with Gasteiger partial charge in [-0.2, -0.15) is 0 Å². The first kappa shape index (κ1) is 24.6. The number of ether oxygens (including phenoxy) is 1. The number of imide groups is 1. The first-order valence-electron chi connectivity index (χ1n) is 10.9. The second-order valence-electron chi connectivity index (χ2n) is 8.14. The highest BCUT2D eigenvalue weighted by Gasteiger charge is 2.35. The lowest BCUT2D eigenvalue weighted by Crippen LogP contribution is -2.27. The number of amides is 3. The molecule has 3 aromatic carbocycles. The summed E-state index contributed by atoms with van der Waals surface area (Å²) >= 11 is 7.03. The SMILES string of the molecule is Cc1ccc(CN2C(=O)S/C(=C\c3cc(Cl)ccc3OCC(=O)Nc3cccc(C)c3)C2=O)cc1. The highest BCUT2D eigenvalue weighted by atomic mass is 35.5. The zero-order chi connectivity index (χ0) is 24.9. The van der Waals surface area contributed by atoms with E-state index in [9.17, 15) is 14.4 Å². The number of hydrogen-bond donors (Lipinski definition) is 1. The summed E-state index contributed by atoms with van der Waals surface area (Å²) in [4.78, 5) is 39.3. The molecule has 1 fully saturated rings. The Morgan fingerprint density at radius 2 is 1.80 bits per heavy atom. The molecule has 0 spiro atoms. The molecule has 0 atom stereocenters. The third-order valence-corrected chi connectivity index (χ3v) is 6.40. The normalized spacial score (nSPS) is 14.5. The van der Waals surface area contributed by atoms with E-state index in [1.807, 2.05) is 56.3 Å². The summed E-state index contributed by atoms with van der Waals surface area (Å²) < 4.78 is 5.73. The van der Waals surface area contributed by atoms with Crippen LogP contribution in [0.2, 0.25) is 5.02 Å². The van der Waals surface area contributed by atoms with E-state index in [1.54, 1.807) is 30.3 Å². The van der Waals surface area contributed by atoms with Crippen LogP contribution in [0.5, 0.6) is 5.75 Å². The van der Waals surface area contributed by atoms with Crippen molar-refractivity contribution in [2.75, 3.05) is 11.9 Å². The smallest absolute Gasteiger partial charge is 0.293 e. The molecule has 1 aliphatic rings. The molecule has 3 amide bonds. The number of aryl methyl sites for hydroxylation is 2. The molecule has 0 unspecified atom stereocenters. The number of carbonyl (C=O) groups is 3. The first-order chi connectivity index (χ1) is 16.8. The van der Waals surface area contributed by atoms with Crippen molar-refractivity contribution < 1.29 is 19.1 Å². The molecule has 0 saturated carbocycles. The van der Waals surface area contributed by atoms with Gasteiger partial charge < -0.3 is 10.1 Å². The molecule has 1 heterocycles. The zero-order valence-electron chi connectivity index (χ0n) is 19.2. The topological polar surface area (TPSA) is 75.7 Å². The molecule has 4 rings (SSSR count). The van der Waals surface area contributed by atoms with Gasteiger partial charge in [-0.05, 0) is 73.1 Å². The molecule has 1 saturated heterocycles. The first-order valence-corrected chi connectivity index (χ1v) is 12.1. The van der Waals surface area contributed by atoms with E-state index in [2.05, 4.69) is 5.32 Å². The maximum atomic E-state index is 13.0. The van der Waals surface area contributed by atoms with Crippen molar-refractivity contribution in [2.45, 2.75) is 20.4 Å². The molecule has 6 nitrogen and oxygen atoms in total. The average molecular weight is 507 g/mol. The summed E-state index contributed by atoms with van der Waals surface area (Å²) in [7, 11) is 0. The van der Waals surface area contributed by atoms with E-state index in [-0.39, 0.29) is 35.1 Å². The number of nitrogens with zero attached hydrogens (tertiary/aromatic N) is 1. The maximum absolute atomic E-state index is 13.0. The van der Waals surface area contributed by atoms with Crippen LogP contribution in [-0.4, -0.2) is 28.6 Å². The number of nitrogens with one attached hydrogen (secondary N) is 1. The van der Waals surface area contributed by atoms with Crippen LogP contribution in [0, 0.1) is 13.8 Å². The van der Waals surface area contributed by atoms with Gasteiger partial charge in [0.25, 0.3) is 17.1 Å². The predicted octanol–water partition coefficient (Wildman–Crippen LogP) is 6.21. The van der Waals surface area contributed by atoms with Crippen LogP contribution >= 0.6 is 23.4 Å². The van der Waals surface area contributed by atoms with E-state index >= 15 is 0 Å². The fraction of sp³-hybridized carbons (Fsp3) is 0.148. The Morgan fingerprint density at radius 3 is 2.54 bits per heavy atom. The highest BCUT2D eigenvalue weighted by molar-refractivity contribution is 8.18. The van der Waals surface area contributed by atoms with Gasteiger partial charge in [0.2, 0.25) is 0 Å². The van der Waals surface area contributed by atoms with Crippen molar-refractivity contribution in [3.63, 3.8) is 0 Å². The molecule has 178 valence electrons. The standard InChI is InChI=1S/C27H23ClN2O4S/c1-17-6-8-19(9-7-17)15-30-26(32)24(35-27(30)33)14-20-13-21(28)10-11-23(20)34-16-25(31)29-22-5-3-4-18(2)12-22/h3-14H,15-16H2,1-2H3,(H,29,31)/b24-14-. The minimum atomic E-state index is -0.385. The van der Waals surface area contributed by atoms with Gasteiger partial charge >= 0.3 is 0 Å². The summed E-state index contributed by atoms with van der Waals surface area (Å²) in [5.41, 5.74) is 4.17. The van der Waals surface area contributed by atoms with Gasteiger partial charge in [0.05, 0.1) is 11.4 Å². The van der Waals surface area contributed by atoms with Crippen molar-refractivity contribution in [3.05, 3.63) is 98.9 Å². The third-order valence-electron chi connectivity index (χ3n) is 5.25. The van der Waals surface area contributed by atoms with Crippen molar-refractivity contribution in [1.82, 2.24) is 4.90 Å². The largest absolute Gasteiger partial charge is 0.483 e. The van der Waals surface area contributed by atoms with Crippen LogP contribution in [0.25, 0.3) is 6.08 Å². The van der Waals surface area contributed by atoms with Crippen LogP contribution in [0.4, 0.5) is 10.5 Å². The Bertz CT molecular complexity index is 1320. The van der Waals surface area contributed by atoms with Gasteiger partial charge in [-0.3, -0.25) is 19.3 Å². The molecule has 1 aliphatic heterocycles. The van der Waals surface area contributed by atoms with Gasteiger partial charge in [-0.15, -0.1) is 0 Å². The van der Waals surface area contributed by atoms with Crippen molar-refractivity contribution in [3.8, 4) is 5.75 Å². The second kappa shape index (κ2) is 10.8. The molecule has 35 heavy (non-hydrogen) atoms. The van der Waals surface area contributed by atoms with Crippen molar-refractivity contribution in [1.29, 1.82) is 0 Å². The zero-order valence-corrected chi connectivity index (χ0v) is 20.8. The Labute approximate surface area is 212 Å². The molecular weight excluding hydrogens is 484 g/mol. The molecule has 8 heteroatoms. The van der Waals surface area contributed by atoms with Gasteiger partial charge in [-0.1, -0.05) is 53.6 Å². The van der Waals surface area contributed by atoms with Crippen LogP contribution in [0.3, 0.4) is 0 Å². The van der Waals surface area contributed by atoms with Gasteiger partial charge in [0, 0.05) is 16.3 Å².